The molecular formula is C7H13N3O5S. The van der Waals surface area contributed by atoms with Gasteiger partial charge in [-0.2, -0.15) is 8.42 Å². The van der Waals surface area contributed by atoms with Crippen LogP contribution in [0.5, 0.6) is 0 Å². The molecule has 9 heteroatoms. The lowest BCUT2D eigenvalue weighted by atomic mass is 10.2. The number of carboxylic acids is 1. The van der Waals surface area contributed by atoms with Crippen LogP contribution in [0.25, 0.3) is 0 Å². The smallest absolute Gasteiger partial charge is 0.320 e. The zero-order valence-electron chi connectivity index (χ0n) is 8.49. The summed E-state index contributed by atoms with van der Waals surface area (Å²) in [5, 5.41) is 8.42. The van der Waals surface area contributed by atoms with E-state index in [1.54, 1.807) is 6.20 Å². The van der Waals surface area contributed by atoms with Gasteiger partial charge in [-0.15, -0.1) is 0 Å². The predicted octanol–water partition coefficient (Wildman–Crippen LogP) is -1.13. The van der Waals surface area contributed by atoms with Gasteiger partial charge in [0.15, 0.2) is 0 Å². The molecular weight excluding hydrogens is 238 g/mol. The number of hydrogen-bond donors (Lipinski definition) is 4. The van der Waals surface area contributed by atoms with Crippen LogP contribution < -0.4 is 5.73 Å². The van der Waals surface area contributed by atoms with Gasteiger partial charge >= 0.3 is 5.97 Å². The van der Waals surface area contributed by atoms with E-state index in [4.69, 9.17) is 15.4 Å². The summed E-state index contributed by atoms with van der Waals surface area (Å²) in [5.41, 5.74) is 5.92. The average Bonchev–Trinajstić information content (AvgIpc) is 2.53. The number of aliphatic carboxylic acids is 1. The Morgan fingerprint density at radius 3 is 2.50 bits per heavy atom. The second kappa shape index (κ2) is 6.20. The first kappa shape index (κ1) is 14.6. The number of aromatic amines is 1. The van der Waals surface area contributed by atoms with E-state index in [2.05, 4.69) is 9.97 Å². The first-order chi connectivity index (χ1) is 7.20. The summed E-state index contributed by atoms with van der Waals surface area (Å²) in [5.74, 6) is -1.01. The van der Waals surface area contributed by atoms with Crippen molar-refractivity contribution < 1.29 is 22.9 Å². The summed E-state index contributed by atoms with van der Waals surface area (Å²) in [6.45, 7) is 0. The van der Waals surface area contributed by atoms with E-state index in [1.807, 2.05) is 0 Å². The van der Waals surface area contributed by atoms with Crippen LogP contribution >= 0.6 is 0 Å². The Labute approximate surface area is 92.3 Å². The van der Waals surface area contributed by atoms with Gasteiger partial charge in [0.05, 0.1) is 18.3 Å². The van der Waals surface area contributed by atoms with Crippen molar-refractivity contribution >= 4 is 16.1 Å². The normalized spacial score (nSPS) is 12.4. The molecule has 0 aromatic carbocycles. The standard InChI is InChI=1S/C6H9N3O2.CH4O3S/c7-5(6(10)11)1-4-2-8-3-9-4;1-5(2,3)4/h2-3,5H,1,7H2,(H,8,9)(H,10,11);1H3,(H,2,3,4)/t5-;/m0./s1. The molecule has 16 heavy (non-hydrogen) atoms. The highest BCUT2D eigenvalue weighted by molar-refractivity contribution is 7.85. The molecule has 1 rings (SSSR count). The van der Waals surface area contributed by atoms with Crippen molar-refractivity contribution in [1.29, 1.82) is 0 Å². The van der Waals surface area contributed by atoms with E-state index in [-0.39, 0.29) is 6.42 Å². The minimum absolute atomic E-state index is 0.263. The molecule has 0 saturated carbocycles. The molecule has 0 aliphatic heterocycles. The Kier molecular flexibility index (Phi) is 5.64. The summed E-state index contributed by atoms with van der Waals surface area (Å²) < 4.78 is 25.9. The number of carboxylic acid groups (broad SMARTS) is 1. The first-order valence-corrected chi connectivity index (χ1v) is 5.93. The molecule has 1 heterocycles. The van der Waals surface area contributed by atoms with Gasteiger partial charge in [-0.3, -0.25) is 9.35 Å². The summed E-state index contributed by atoms with van der Waals surface area (Å²) in [6.07, 6.45) is 4.10. The number of carbonyl (C=O) groups is 1. The third-order valence-electron chi connectivity index (χ3n) is 1.30. The van der Waals surface area contributed by atoms with E-state index in [0.29, 0.717) is 11.9 Å². The number of imidazole rings is 1. The molecule has 92 valence electrons. The number of hydrogen-bond acceptors (Lipinski definition) is 5. The minimum Gasteiger partial charge on any atom is -0.480 e. The second-order valence-electron chi connectivity index (χ2n) is 2.94. The molecule has 8 nitrogen and oxygen atoms in total. The lowest BCUT2D eigenvalue weighted by Crippen LogP contribution is -2.32. The number of rotatable bonds is 3. The molecule has 0 unspecified atom stereocenters. The lowest BCUT2D eigenvalue weighted by Gasteiger charge is -2.01. The number of H-pyrrole nitrogens is 1. The largest absolute Gasteiger partial charge is 0.480 e. The summed E-state index contributed by atoms with van der Waals surface area (Å²) in [6, 6.07) is -0.863. The summed E-state index contributed by atoms with van der Waals surface area (Å²) >= 11 is 0. The highest BCUT2D eigenvalue weighted by Crippen LogP contribution is 1.95. The van der Waals surface area contributed by atoms with Crippen LogP contribution in [-0.2, 0) is 21.3 Å². The Morgan fingerprint density at radius 1 is 1.69 bits per heavy atom. The van der Waals surface area contributed by atoms with Crippen LogP contribution in [0.3, 0.4) is 0 Å². The number of aromatic nitrogens is 2. The molecule has 1 aromatic rings. The first-order valence-electron chi connectivity index (χ1n) is 4.08. The van der Waals surface area contributed by atoms with E-state index in [0.717, 1.165) is 0 Å². The topological polar surface area (TPSA) is 146 Å². The van der Waals surface area contributed by atoms with Gasteiger partial charge < -0.3 is 15.8 Å². The predicted molar refractivity (Wildman–Crippen MR) is 55.4 cm³/mol. The van der Waals surface area contributed by atoms with E-state index in [1.165, 1.54) is 6.33 Å². The van der Waals surface area contributed by atoms with Gasteiger partial charge in [0.1, 0.15) is 6.04 Å². The lowest BCUT2D eigenvalue weighted by molar-refractivity contribution is -0.138. The third-order valence-corrected chi connectivity index (χ3v) is 1.30. The number of nitrogens with one attached hydrogen (secondary N) is 1. The van der Waals surface area contributed by atoms with Gasteiger partial charge in [0.2, 0.25) is 0 Å². The van der Waals surface area contributed by atoms with Crippen LogP contribution in [0.2, 0.25) is 0 Å². The quantitative estimate of drug-likeness (QED) is 0.497. The molecule has 0 fully saturated rings. The molecule has 1 atom stereocenters. The Bertz CT molecular complexity index is 405. The number of nitrogens with zero attached hydrogens (tertiary/aromatic N) is 1. The third kappa shape index (κ3) is 9.12. The van der Waals surface area contributed by atoms with Gasteiger partial charge in [0, 0.05) is 12.6 Å². The van der Waals surface area contributed by atoms with Crippen LogP contribution in [0.15, 0.2) is 12.5 Å². The highest BCUT2D eigenvalue weighted by Gasteiger charge is 2.12. The fourth-order valence-corrected chi connectivity index (χ4v) is 0.715. The molecule has 0 aliphatic rings. The van der Waals surface area contributed by atoms with Crippen LogP contribution in [-0.4, -0.2) is 46.3 Å². The molecule has 0 radical (unpaired) electrons. The maximum absolute atomic E-state index is 10.3. The van der Waals surface area contributed by atoms with Crippen molar-refractivity contribution in [2.75, 3.05) is 6.26 Å². The fourth-order valence-electron chi connectivity index (χ4n) is 0.715. The minimum atomic E-state index is -3.67. The molecule has 0 amide bonds. The molecule has 0 aliphatic carbocycles. The average molecular weight is 251 g/mol. The van der Waals surface area contributed by atoms with Crippen molar-refractivity contribution in [2.24, 2.45) is 5.73 Å². The van der Waals surface area contributed by atoms with Crippen molar-refractivity contribution in [3.8, 4) is 0 Å². The molecule has 1 aromatic heterocycles. The summed E-state index contributed by atoms with van der Waals surface area (Å²) in [7, 11) is -3.67. The molecule has 0 saturated heterocycles. The number of nitrogens with two attached hydrogens (primary N) is 1. The van der Waals surface area contributed by atoms with Gasteiger partial charge in [0.25, 0.3) is 10.1 Å². The molecule has 0 bridgehead atoms. The monoisotopic (exact) mass is 251 g/mol. The zero-order valence-corrected chi connectivity index (χ0v) is 9.31. The van der Waals surface area contributed by atoms with Crippen molar-refractivity contribution in [3.05, 3.63) is 18.2 Å². The Hall–Kier alpha value is -1.45. The zero-order chi connectivity index (χ0) is 12.8. The van der Waals surface area contributed by atoms with E-state index in [9.17, 15) is 13.2 Å². The second-order valence-corrected chi connectivity index (χ2v) is 4.41. The summed E-state index contributed by atoms with van der Waals surface area (Å²) in [4.78, 5) is 16.8. The van der Waals surface area contributed by atoms with Crippen molar-refractivity contribution in [3.63, 3.8) is 0 Å². The Balaban J connectivity index is 0.000000385. The van der Waals surface area contributed by atoms with E-state index < -0.39 is 22.1 Å². The molecule has 5 N–H and O–H groups in total. The van der Waals surface area contributed by atoms with Gasteiger partial charge in [-0.25, -0.2) is 4.98 Å². The van der Waals surface area contributed by atoms with Crippen molar-refractivity contribution in [2.45, 2.75) is 12.5 Å². The van der Waals surface area contributed by atoms with Crippen LogP contribution in [0, 0.1) is 0 Å². The SMILES string of the molecule is CS(=O)(=O)O.N[C@@H](Cc1c[nH]cn1)C(=O)O. The van der Waals surface area contributed by atoms with Gasteiger partial charge in [-0.05, 0) is 0 Å². The van der Waals surface area contributed by atoms with Crippen LogP contribution in [0.1, 0.15) is 5.69 Å². The van der Waals surface area contributed by atoms with Crippen molar-refractivity contribution in [1.82, 2.24) is 9.97 Å². The van der Waals surface area contributed by atoms with Gasteiger partial charge in [-0.1, -0.05) is 0 Å². The maximum Gasteiger partial charge on any atom is 0.320 e. The maximum atomic E-state index is 10.3. The Morgan fingerprint density at radius 2 is 2.19 bits per heavy atom. The highest BCUT2D eigenvalue weighted by atomic mass is 32.2. The fraction of sp³-hybridized carbons (Fsp3) is 0.429. The van der Waals surface area contributed by atoms with Crippen LogP contribution in [0.4, 0.5) is 0 Å². The van der Waals surface area contributed by atoms with E-state index >= 15 is 0 Å². The molecule has 0 spiro atoms.